The second-order valence-corrected chi connectivity index (χ2v) is 5.30. The van der Waals surface area contributed by atoms with E-state index in [2.05, 4.69) is 0 Å². The van der Waals surface area contributed by atoms with Gasteiger partial charge in [-0.15, -0.1) is 0 Å². The summed E-state index contributed by atoms with van der Waals surface area (Å²) in [6.07, 6.45) is 0.382. The van der Waals surface area contributed by atoms with Gasteiger partial charge >= 0.3 is 5.97 Å². The summed E-state index contributed by atoms with van der Waals surface area (Å²) in [5.41, 5.74) is -0.0606. The highest BCUT2D eigenvalue weighted by Gasteiger charge is 2.38. The van der Waals surface area contributed by atoms with Crippen molar-refractivity contribution in [2.45, 2.75) is 19.4 Å². The topological polar surface area (TPSA) is 101 Å². The van der Waals surface area contributed by atoms with E-state index >= 15 is 0 Å². The number of aliphatic carboxylic acids is 1. The number of hydrogen-bond acceptors (Lipinski definition) is 4. The van der Waals surface area contributed by atoms with E-state index in [1.807, 2.05) is 0 Å². The molecule has 1 saturated heterocycles. The molecule has 1 heterocycles. The van der Waals surface area contributed by atoms with Crippen LogP contribution in [0.2, 0.25) is 5.02 Å². The molecule has 7 nitrogen and oxygen atoms in total. The van der Waals surface area contributed by atoms with Crippen molar-refractivity contribution in [2.24, 2.45) is 5.92 Å². The first kappa shape index (κ1) is 15.2. The summed E-state index contributed by atoms with van der Waals surface area (Å²) in [6.45, 7) is 1.99. The maximum atomic E-state index is 12.4. The van der Waals surface area contributed by atoms with E-state index in [-0.39, 0.29) is 16.3 Å². The molecule has 1 fully saturated rings. The third kappa shape index (κ3) is 2.82. The highest BCUT2D eigenvalue weighted by molar-refractivity contribution is 6.34. The average molecular weight is 313 g/mol. The van der Waals surface area contributed by atoms with Crippen LogP contribution in [-0.2, 0) is 4.79 Å². The van der Waals surface area contributed by atoms with Crippen molar-refractivity contribution < 1.29 is 19.6 Å². The highest BCUT2D eigenvalue weighted by Crippen LogP contribution is 2.29. The Morgan fingerprint density at radius 2 is 2.14 bits per heavy atom. The summed E-state index contributed by atoms with van der Waals surface area (Å²) in [5.74, 6) is -1.95. The predicted octanol–water partition coefficient (Wildman–Crippen LogP) is 2.18. The molecule has 21 heavy (non-hydrogen) atoms. The number of carbonyl (C=O) groups is 2. The number of non-ortho nitro benzene ring substituents is 1. The third-order valence-corrected chi connectivity index (χ3v) is 4.04. The number of carboxylic acid groups (broad SMARTS) is 1. The molecule has 1 amide bonds. The molecule has 8 heteroatoms. The van der Waals surface area contributed by atoms with Gasteiger partial charge in [-0.3, -0.25) is 19.7 Å². The number of carboxylic acids is 1. The van der Waals surface area contributed by atoms with Gasteiger partial charge in [0.05, 0.1) is 21.4 Å². The molecule has 1 aromatic rings. The first-order valence-corrected chi connectivity index (χ1v) is 6.68. The third-order valence-electron chi connectivity index (χ3n) is 3.73. The van der Waals surface area contributed by atoms with Gasteiger partial charge in [-0.05, 0) is 19.4 Å². The zero-order chi connectivity index (χ0) is 15.7. The van der Waals surface area contributed by atoms with Crippen LogP contribution in [0.25, 0.3) is 0 Å². The molecule has 0 bridgehead atoms. The first-order chi connectivity index (χ1) is 9.82. The summed E-state index contributed by atoms with van der Waals surface area (Å²) in [6, 6.07) is 3.17. The lowest BCUT2D eigenvalue weighted by Crippen LogP contribution is -2.37. The molecule has 1 aliphatic heterocycles. The molecule has 1 aromatic carbocycles. The molecule has 0 spiro atoms. The van der Waals surface area contributed by atoms with Gasteiger partial charge in [-0.25, -0.2) is 0 Å². The lowest BCUT2D eigenvalue weighted by Gasteiger charge is -2.23. The lowest BCUT2D eigenvalue weighted by atomic mass is 10.0. The fraction of sp³-hybridized carbons (Fsp3) is 0.385. The summed E-state index contributed by atoms with van der Waals surface area (Å²) in [7, 11) is 0. The van der Waals surface area contributed by atoms with Crippen molar-refractivity contribution in [3.8, 4) is 0 Å². The summed E-state index contributed by atoms with van der Waals surface area (Å²) in [4.78, 5) is 35.0. The largest absolute Gasteiger partial charge is 0.481 e. The van der Waals surface area contributed by atoms with Crippen LogP contribution in [0.1, 0.15) is 23.7 Å². The van der Waals surface area contributed by atoms with Crippen LogP contribution < -0.4 is 0 Å². The Kier molecular flexibility index (Phi) is 4.13. The van der Waals surface area contributed by atoms with Crippen LogP contribution in [0.3, 0.4) is 0 Å². The molecule has 0 aliphatic carbocycles. The number of hydrogen-bond donors (Lipinski definition) is 1. The standard InChI is InChI=1S/C13H13ClN2O5/c1-7-9(13(18)19)4-5-15(7)12(17)10-3-2-8(16(20)21)6-11(10)14/h2-3,6-7,9H,4-5H2,1H3,(H,18,19). The molecular formula is C13H13ClN2O5. The molecule has 2 atom stereocenters. The first-order valence-electron chi connectivity index (χ1n) is 6.30. The van der Waals surface area contributed by atoms with E-state index in [1.54, 1.807) is 6.92 Å². The Hall–Kier alpha value is -2.15. The Morgan fingerprint density at radius 3 is 2.62 bits per heavy atom. The average Bonchev–Trinajstić information content (AvgIpc) is 2.79. The van der Waals surface area contributed by atoms with Crippen molar-refractivity contribution in [3.63, 3.8) is 0 Å². The highest BCUT2D eigenvalue weighted by atomic mass is 35.5. The van der Waals surface area contributed by atoms with Gasteiger partial charge in [0.1, 0.15) is 0 Å². The lowest BCUT2D eigenvalue weighted by molar-refractivity contribution is -0.384. The minimum atomic E-state index is -0.937. The monoisotopic (exact) mass is 312 g/mol. The number of benzene rings is 1. The second-order valence-electron chi connectivity index (χ2n) is 4.89. The number of amides is 1. The normalized spacial score (nSPS) is 21.3. The van der Waals surface area contributed by atoms with Crippen molar-refractivity contribution in [1.29, 1.82) is 0 Å². The Morgan fingerprint density at radius 1 is 1.48 bits per heavy atom. The smallest absolute Gasteiger partial charge is 0.308 e. The van der Waals surface area contributed by atoms with Gasteiger partial charge in [-0.1, -0.05) is 11.6 Å². The Labute approximate surface area is 125 Å². The molecule has 2 unspecified atom stereocenters. The molecule has 0 radical (unpaired) electrons. The zero-order valence-corrected chi connectivity index (χ0v) is 11.9. The molecule has 1 aliphatic rings. The van der Waals surface area contributed by atoms with Gasteiger partial charge in [0, 0.05) is 24.7 Å². The van der Waals surface area contributed by atoms with E-state index in [0.29, 0.717) is 13.0 Å². The molecule has 112 valence electrons. The van der Waals surface area contributed by atoms with E-state index in [1.165, 1.54) is 17.0 Å². The van der Waals surface area contributed by atoms with Gasteiger partial charge in [0.25, 0.3) is 11.6 Å². The summed E-state index contributed by atoms with van der Waals surface area (Å²) < 4.78 is 0. The van der Waals surface area contributed by atoms with Crippen LogP contribution >= 0.6 is 11.6 Å². The maximum Gasteiger partial charge on any atom is 0.308 e. The van der Waals surface area contributed by atoms with Crippen LogP contribution in [-0.4, -0.2) is 39.4 Å². The van der Waals surface area contributed by atoms with Crippen LogP contribution in [0, 0.1) is 16.0 Å². The number of nitrogens with zero attached hydrogens (tertiary/aromatic N) is 2. The number of likely N-dealkylation sites (tertiary alicyclic amines) is 1. The van der Waals surface area contributed by atoms with E-state index in [4.69, 9.17) is 16.7 Å². The van der Waals surface area contributed by atoms with Crippen molar-refractivity contribution in [2.75, 3.05) is 6.54 Å². The van der Waals surface area contributed by atoms with E-state index < -0.39 is 28.8 Å². The van der Waals surface area contributed by atoms with Crippen LogP contribution in [0.15, 0.2) is 18.2 Å². The van der Waals surface area contributed by atoms with Crippen molar-refractivity contribution >= 4 is 29.2 Å². The van der Waals surface area contributed by atoms with Gasteiger partial charge in [0.2, 0.25) is 0 Å². The fourth-order valence-corrected chi connectivity index (χ4v) is 2.76. The van der Waals surface area contributed by atoms with Crippen molar-refractivity contribution in [1.82, 2.24) is 4.90 Å². The molecule has 1 N–H and O–H groups in total. The van der Waals surface area contributed by atoms with E-state index in [0.717, 1.165) is 6.07 Å². The second kappa shape index (κ2) is 5.69. The van der Waals surface area contributed by atoms with Crippen molar-refractivity contribution in [3.05, 3.63) is 38.9 Å². The summed E-state index contributed by atoms with van der Waals surface area (Å²) in [5, 5.41) is 19.7. The Balaban J connectivity index is 2.25. The maximum absolute atomic E-state index is 12.4. The summed E-state index contributed by atoms with van der Waals surface area (Å²) >= 11 is 5.93. The molecule has 2 rings (SSSR count). The van der Waals surface area contributed by atoms with Gasteiger partial charge in [0.15, 0.2) is 0 Å². The molecular weight excluding hydrogens is 300 g/mol. The number of halogens is 1. The van der Waals surface area contributed by atoms with Crippen LogP contribution in [0.4, 0.5) is 5.69 Å². The van der Waals surface area contributed by atoms with E-state index in [9.17, 15) is 19.7 Å². The van der Waals surface area contributed by atoms with Crippen LogP contribution in [0.5, 0.6) is 0 Å². The van der Waals surface area contributed by atoms with Gasteiger partial charge in [-0.2, -0.15) is 0 Å². The predicted molar refractivity (Wildman–Crippen MR) is 74.3 cm³/mol. The molecule has 0 aromatic heterocycles. The Bertz CT molecular complexity index is 619. The van der Waals surface area contributed by atoms with Gasteiger partial charge < -0.3 is 10.0 Å². The number of nitro groups is 1. The molecule has 0 saturated carbocycles. The number of rotatable bonds is 3. The minimum absolute atomic E-state index is 0.0137. The fourth-order valence-electron chi connectivity index (χ4n) is 2.50. The minimum Gasteiger partial charge on any atom is -0.481 e. The SMILES string of the molecule is CC1C(C(=O)O)CCN1C(=O)c1ccc([N+](=O)[O-])cc1Cl. The number of nitro benzene ring substituents is 1. The number of carbonyl (C=O) groups excluding carboxylic acids is 1. The quantitative estimate of drug-likeness (QED) is 0.681. The zero-order valence-electron chi connectivity index (χ0n) is 11.2.